The maximum atomic E-state index is 11.9. The Kier molecular flexibility index (Phi) is 4.74. The van der Waals surface area contributed by atoms with E-state index < -0.39 is 0 Å². The largest absolute Gasteiger partial charge is 0.325 e. The number of carbonyl (C=O) groups is 1. The highest BCUT2D eigenvalue weighted by molar-refractivity contribution is 9.10. The van der Waals surface area contributed by atoms with E-state index >= 15 is 0 Å². The lowest BCUT2D eigenvalue weighted by Crippen LogP contribution is -2.50. The molecule has 1 heterocycles. The molecular weight excluding hydrogens is 294 g/mol. The van der Waals surface area contributed by atoms with Gasteiger partial charge in [-0.15, -0.1) is 0 Å². The lowest BCUT2D eigenvalue weighted by molar-refractivity contribution is -0.116. The minimum absolute atomic E-state index is 0.0506. The summed E-state index contributed by atoms with van der Waals surface area (Å²) in [5.41, 5.74) is 0.826. The molecule has 0 aliphatic carbocycles. The van der Waals surface area contributed by atoms with Crippen molar-refractivity contribution < 1.29 is 4.79 Å². The Bertz CT molecular complexity index is 424. The second kappa shape index (κ2) is 6.31. The van der Waals surface area contributed by atoms with Crippen molar-refractivity contribution in [1.29, 1.82) is 0 Å². The van der Waals surface area contributed by atoms with Gasteiger partial charge in [-0.2, -0.15) is 0 Å². The number of nitrogens with one attached hydrogen (secondary N) is 2. The first-order valence-corrected chi connectivity index (χ1v) is 6.91. The minimum Gasteiger partial charge on any atom is -0.325 e. The summed E-state index contributed by atoms with van der Waals surface area (Å²) in [7, 11) is 2.08. The van der Waals surface area contributed by atoms with E-state index in [1.54, 1.807) is 0 Å². The van der Waals surface area contributed by atoms with Crippen LogP contribution < -0.4 is 10.6 Å². The molecule has 0 aromatic heterocycles. The maximum Gasteiger partial charge on any atom is 0.226 e. The van der Waals surface area contributed by atoms with Crippen molar-refractivity contribution in [3.05, 3.63) is 28.7 Å². The Hall–Kier alpha value is -0.910. The van der Waals surface area contributed by atoms with Crippen LogP contribution >= 0.6 is 15.9 Å². The van der Waals surface area contributed by atoms with Crippen molar-refractivity contribution in [2.24, 2.45) is 0 Å². The molecule has 1 atom stereocenters. The first-order chi connectivity index (χ1) is 8.65. The number of likely N-dealkylation sites (N-methyl/N-ethyl adjacent to an activating group) is 1. The van der Waals surface area contributed by atoms with Crippen molar-refractivity contribution in [2.75, 3.05) is 32.0 Å². The van der Waals surface area contributed by atoms with Crippen LogP contribution in [0.2, 0.25) is 0 Å². The zero-order chi connectivity index (χ0) is 13.0. The molecule has 2 rings (SSSR count). The maximum absolute atomic E-state index is 11.9. The number of para-hydroxylation sites is 1. The quantitative estimate of drug-likeness (QED) is 0.892. The fourth-order valence-electron chi connectivity index (χ4n) is 2.12. The van der Waals surface area contributed by atoms with Gasteiger partial charge in [0.1, 0.15) is 0 Å². The van der Waals surface area contributed by atoms with Crippen LogP contribution in [0.5, 0.6) is 0 Å². The molecule has 0 radical (unpaired) electrons. The predicted octanol–water partition coefficient (Wildman–Crippen LogP) is 1.68. The Morgan fingerprint density at radius 1 is 1.56 bits per heavy atom. The number of nitrogens with zero attached hydrogens (tertiary/aromatic N) is 1. The summed E-state index contributed by atoms with van der Waals surface area (Å²) in [6, 6.07) is 7.89. The van der Waals surface area contributed by atoms with Crippen LogP contribution in [0.15, 0.2) is 28.7 Å². The number of hydrogen-bond donors (Lipinski definition) is 2. The van der Waals surface area contributed by atoms with Crippen molar-refractivity contribution in [3.63, 3.8) is 0 Å². The Morgan fingerprint density at radius 2 is 2.33 bits per heavy atom. The van der Waals surface area contributed by atoms with E-state index in [0.29, 0.717) is 6.42 Å². The zero-order valence-corrected chi connectivity index (χ0v) is 12.0. The lowest BCUT2D eigenvalue weighted by atomic mass is 10.1. The van der Waals surface area contributed by atoms with Gasteiger partial charge in [0.15, 0.2) is 0 Å². The van der Waals surface area contributed by atoms with Crippen LogP contribution in [-0.4, -0.2) is 43.5 Å². The Balaban J connectivity index is 1.87. The average molecular weight is 312 g/mol. The smallest absolute Gasteiger partial charge is 0.226 e. The molecule has 1 saturated heterocycles. The highest BCUT2D eigenvalue weighted by atomic mass is 79.9. The second-order valence-corrected chi connectivity index (χ2v) is 5.50. The molecule has 18 heavy (non-hydrogen) atoms. The van der Waals surface area contributed by atoms with Gasteiger partial charge in [0.2, 0.25) is 5.91 Å². The summed E-state index contributed by atoms with van der Waals surface area (Å²) in [6.45, 7) is 2.91. The normalized spacial score (nSPS) is 20.7. The lowest BCUT2D eigenvalue weighted by Gasteiger charge is -2.30. The molecule has 0 saturated carbocycles. The second-order valence-electron chi connectivity index (χ2n) is 4.65. The summed E-state index contributed by atoms with van der Waals surface area (Å²) in [6.07, 6.45) is 0.506. The molecule has 1 amide bonds. The molecule has 5 heteroatoms. The highest BCUT2D eigenvalue weighted by Crippen LogP contribution is 2.21. The molecule has 1 fully saturated rings. The molecule has 1 aromatic carbocycles. The average Bonchev–Trinajstić information content (AvgIpc) is 2.32. The van der Waals surface area contributed by atoms with E-state index in [1.807, 2.05) is 24.3 Å². The molecular formula is C13H18BrN3O. The number of piperazine rings is 1. The Labute approximate surface area is 116 Å². The third-order valence-electron chi connectivity index (χ3n) is 3.04. The van der Waals surface area contributed by atoms with Gasteiger partial charge in [-0.3, -0.25) is 4.79 Å². The minimum atomic E-state index is 0.0506. The highest BCUT2D eigenvalue weighted by Gasteiger charge is 2.19. The van der Waals surface area contributed by atoms with Crippen molar-refractivity contribution in [3.8, 4) is 0 Å². The number of halogens is 1. The van der Waals surface area contributed by atoms with Gasteiger partial charge in [0, 0.05) is 36.6 Å². The van der Waals surface area contributed by atoms with Crippen molar-refractivity contribution in [2.45, 2.75) is 12.5 Å². The van der Waals surface area contributed by atoms with Gasteiger partial charge in [0.05, 0.1) is 5.69 Å². The molecule has 0 bridgehead atoms. The fourth-order valence-corrected chi connectivity index (χ4v) is 2.50. The van der Waals surface area contributed by atoms with Crippen LogP contribution in [0.25, 0.3) is 0 Å². The predicted molar refractivity (Wildman–Crippen MR) is 76.7 cm³/mol. The SMILES string of the molecule is CN1CCNC(CC(=O)Nc2ccccc2Br)C1. The van der Waals surface area contributed by atoms with Gasteiger partial charge in [-0.05, 0) is 35.1 Å². The van der Waals surface area contributed by atoms with Crippen molar-refractivity contribution >= 4 is 27.5 Å². The van der Waals surface area contributed by atoms with E-state index in [9.17, 15) is 4.79 Å². The van der Waals surface area contributed by atoms with Crippen LogP contribution in [0, 0.1) is 0 Å². The van der Waals surface area contributed by atoms with E-state index in [-0.39, 0.29) is 11.9 Å². The van der Waals surface area contributed by atoms with E-state index in [2.05, 4.69) is 38.5 Å². The third-order valence-corrected chi connectivity index (χ3v) is 3.73. The molecule has 1 unspecified atom stereocenters. The van der Waals surface area contributed by atoms with Gasteiger partial charge < -0.3 is 15.5 Å². The summed E-state index contributed by atoms with van der Waals surface area (Å²) >= 11 is 3.42. The summed E-state index contributed by atoms with van der Waals surface area (Å²) < 4.78 is 0.909. The van der Waals surface area contributed by atoms with Crippen molar-refractivity contribution in [1.82, 2.24) is 10.2 Å². The molecule has 1 aliphatic rings. The number of amides is 1. The third kappa shape index (κ3) is 3.80. The van der Waals surface area contributed by atoms with E-state index in [1.165, 1.54) is 0 Å². The number of hydrogen-bond acceptors (Lipinski definition) is 3. The first kappa shape index (κ1) is 13.5. The summed E-state index contributed by atoms with van der Waals surface area (Å²) in [4.78, 5) is 14.2. The van der Waals surface area contributed by atoms with E-state index in [4.69, 9.17) is 0 Å². The monoisotopic (exact) mass is 311 g/mol. The molecule has 0 spiro atoms. The number of benzene rings is 1. The van der Waals surface area contributed by atoms with E-state index in [0.717, 1.165) is 29.8 Å². The standard InChI is InChI=1S/C13H18BrN3O/c1-17-7-6-15-10(9-17)8-13(18)16-12-5-3-2-4-11(12)14/h2-5,10,15H,6-9H2,1H3,(H,16,18). The molecule has 2 N–H and O–H groups in total. The fraction of sp³-hybridized carbons (Fsp3) is 0.462. The van der Waals surface area contributed by atoms with Crippen LogP contribution in [0.1, 0.15) is 6.42 Å². The molecule has 4 nitrogen and oxygen atoms in total. The summed E-state index contributed by atoms with van der Waals surface area (Å²) in [5, 5.41) is 6.29. The molecule has 1 aliphatic heterocycles. The van der Waals surface area contributed by atoms with Gasteiger partial charge in [0.25, 0.3) is 0 Å². The van der Waals surface area contributed by atoms with Gasteiger partial charge in [-0.25, -0.2) is 0 Å². The van der Waals surface area contributed by atoms with Crippen LogP contribution in [-0.2, 0) is 4.79 Å². The first-order valence-electron chi connectivity index (χ1n) is 6.11. The van der Waals surface area contributed by atoms with Gasteiger partial charge in [-0.1, -0.05) is 12.1 Å². The number of anilines is 1. The van der Waals surface area contributed by atoms with Crippen LogP contribution in [0.4, 0.5) is 5.69 Å². The molecule has 1 aromatic rings. The van der Waals surface area contributed by atoms with Gasteiger partial charge >= 0.3 is 0 Å². The Morgan fingerprint density at radius 3 is 3.06 bits per heavy atom. The van der Waals surface area contributed by atoms with Crippen LogP contribution in [0.3, 0.4) is 0 Å². The summed E-state index contributed by atoms with van der Waals surface area (Å²) in [5.74, 6) is 0.0506. The number of rotatable bonds is 3. The number of carbonyl (C=O) groups excluding carboxylic acids is 1. The molecule has 98 valence electrons. The zero-order valence-electron chi connectivity index (χ0n) is 10.4. The topological polar surface area (TPSA) is 44.4 Å².